The van der Waals surface area contributed by atoms with E-state index >= 15 is 0 Å². The number of anilines is 1. The van der Waals surface area contributed by atoms with Gasteiger partial charge in [-0.2, -0.15) is 0 Å². The summed E-state index contributed by atoms with van der Waals surface area (Å²) in [7, 11) is 0. The molecule has 1 aromatic carbocycles. The minimum absolute atomic E-state index is 0.363. The van der Waals surface area contributed by atoms with Crippen molar-refractivity contribution in [3.05, 3.63) is 40.4 Å². The molecule has 0 saturated heterocycles. The van der Waals surface area contributed by atoms with Gasteiger partial charge in [-0.3, -0.25) is 4.79 Å². The van der Waals surface area contributed by atoms with E-state index in [2.05, 4.69) is 21.2 Å². The number of amides is 1. The Labute approximate surface area is 121 Å². The van der Waals surface area contributed by atoms with Crippen LogP contribution in [0.1, 0.15) is 20.8 Å². The Kier molecular flexibility index (Phi) is 5.76. The van der Waals surface area contributed by atoms with E-state index < -0.39 is 12.1 Å². The van der Waals surface area contributed by atoms with Gasteiger partial charge in [-0.15, -0.1) is 0 Å². The molecule has 4 nitrogen and oxygen atoms in total. The lowest BCUT2D eigenvalue weighted by Gasteiger charge is -2.12. The van der Waals surface area contributed by atoms with Gasteiger partial charge in [0, 0.05) is 16.2 Å². The highest BCUT2D eigenvalue weighted by Gasteiger charge is 2.16. The zero-order valence-electron chi connectivity index (χ0n) is 11.1. The predicted octanol–water partition coefficient (Wildman–Crippen LogP) is 3.29. The average molecular weight is 326 g/mol. The van der Waals surface area contributed by atoms with Crippen molar-refractivity contribution in [2.24, 2.45) is 0 Å². The minimum Gasteiger partial charge on any atom is -0.449 e. The Balaban J connectivity index is 2.56. The van der Waals surface area contributed by atoms with Crippen LogP contribution >= 0.6 is 15.9 Å². The van der Waals surface area contributed by atoms with Crippen LogP contribution < -0.4 is 5.32 Å². The number of rotatable bonds is 4. The molecule has 1 aromatic rings. The molecule has 102 valence electrons. The van der Waals surface area contributed by atoms with Crippen LogP contribution in [0, 0.1) is 0 Å². The van der Waals surface area contributed by atoms with Crippen molar-refractivity contribution in [2.45, 2.75) is 26.9 Å². The third-order valence-electron chi connectivity index (χ3n) is 2.18. The number of allylic oxidation sites excluding steroid dienone is 1. The Bertz CT molecular complexity index is 490. The molecule has 0 aromatic heterocycles. The van der Waals surface area contributed by atoms with Crippen molar-refractivity contribution in [3.8, 4) is 0 Å². The van der Waals surface area contributed by atoms with Crippen LogP contribution in [0.15, 0.2) is 40.4 Å². The highest BCUT2D eigenvalue weighted by molar-refractivity contribution is 9.10. The summed E-state index contributed by atoms with van der Waals surface area (Å²) in [6, 6.07) is 7.14. The fraction of sp³-hybridized carbons (Fsp3) is 0.286. The molecule has 0 bridgehead atoms. The van der Waals surface area contributed by atoms with E-state index in [1.54, 1.807) is 26.0 Å². The first-order valence-electron chi connectivity index (χ1n) is 5.80. The van der Waals surface area contributed by atoms with Crippen molar-refractivity contribution >= 4 is 33.5 Å². The maximum Gasteiger partial charge on any atom is 0.331 e. The van der Waals surface area contributed by atoms with E-state index in [9.17, 15) is 9.59 Å². The topological polar surface area (TPSA) is 55.4 Å². The lowest BCUT2D eigenvalue weighted by atomic mass is 10.3. The van der Waals surface area contributed by atoms with Crippen molar-refractivity contribution in [1.82, 2.24) is 0 Å². The summed E-state index contributed by atoms with van der Waals surface area (Å²) >= 11 is 3.31. The number of carbonyl (C=O) groups excluding carboxylic acids is 2. The number of carbonyl (C=O) groups is 2. The first-order valence-corrected chi connectivity index (χ1v) is 6.59. The smallest absolute Gasteiger partial charge is 0.331 e. The number of hydrogen-bond donors (Lipinski definition) is 1. The molecule has 1 atom stereocenters. The fourth-order valence-corrected chi connectivity index (χ4v) is 1.54. The van der Waals surface area contributed by atoms with E-state index in [-0.39, 0.29) is 5.91 Å². The molecule has 0 unspecified atom stereocenters. The van der Waals surface area contributed by atoms with Crippen LogP contribution in [0.5, 0.6) is 0 Å². The van der Waals surface area contributed by atoms with Crippen LogP contribution in [0.4, 0.5) is 5.69 Å². The predicted molar refractivity (Wildman–Crippen MR) is 77.8 cm³/mol. The molecule has 0 aliphatic carbocycles. The maximum atomic E-state index is 11.8. The van der Waals surface area contributed by atoms with Crippen molar-refractivity contribution < 1.29 is 14.3 Å². The van der Waals surface area contributed by atoms with Crippen molar-refractivity contribution in [1.29, 1.82) is 0 Å². The number of ether oxygens (including phenoxy) is 1. The zero-order valence-corrected chi connectivity index (χ0v) is 12.7. The Morgan fingerprint density at radius 2 is 1.84 bits per heavy atom. The quantitative estimate of drug-likeness (QED) is 0.682. The molecule has 1 amide bonds. The third-order valence-corrected chi connectivity index (χ3v) is 2.71. The van der Waals surface area contributed by atoms with Crippen LogP contribution in [0.3, 0.4) is 0 Å². The molecule has 0 spiro atoms. The second-order valence-electron chi connectivity index (χ2n) is 4.30. The molecule has 5 heteroatoms. The van der Waals surface area contributed by atoms with E-state index in [1.807, 2.05) is 12.1 Å². The lowest BCUT2D eigenvalue weighted by Crippen LogP contribution is -2.29. The molecule has 0 aliphatic rings. The van der Waals surface area contributed by atoms with Crippen molar-refractivity contribution in [2.75, 3.05) is 5.32 Å². The average Bonchev–Trinajstić information content (AvgIpc) is 2.30. The van der Waals surface area contributed by atoms with Gasteiger partial charge in [-0.1, -0.05) is 21.5 Å². The van der Waals surface area contributed by atoms with Gasteiger partial charge in [-0.05, 0) is 45.0 Å². The first-order chi connectivity index (χ1) is 8.88. The van der Waals surface area contributed by atoms with Crippen LogP contribution in [-0.4, -0.2) is 18.0 Å². The van der Waals surface area contributed by atoms with E-state index in [0.29, 0.717) is 5.69 Å². The molecule has 0 radical (unpaired) electrons. The summed E-state index contributed by atoms with van der Waals surface area (Å²) < 4.78 is 5.91. The highest BCUT2D eigenvalue weighted by Crippen LogP contribution is 2.14. The van der Waals surface area contributed by atoms with Gasteiger partial charge < -0.3 is 10.1 Å². The van der Waals surface area contributed by atoms with Crippen LogP contribution in [0.2, 0.25) is 0 Å². The monoisotopic (exact) mass is 325 g/mol. The van der Waals surface area contributed by atoms with E-state index in [0.717, 1.165) is 10.0 Å². The Morgan fingerprint density at radius 3 is 2.37 bits per heavy atom. The SMILES string of the molecule is CC(C)=CC(=O)O[C@H](C)C(=O)Nc1ccc(Br)cc1. The standard InChI is InChI=1S/C14H16BrNO3/c1-9(2)8-13(17)19-10(3)14(18)16-12-6-4-11(15)5-7-12/h4-8,10H,1-3H3,(H,16,18)/t10-/m1/s1. The Hall–Kier alpha value is -1.62. The largest absolute Gasteiger partial charge is 0.449 e. The lowest BCUT2D eigenvalue weighted by molar-refractivity contribution is -0.148. The molecular formula is C14H16BrNO3. The normalized spacial score (nSPS) is 11.4. The van der Waals surface area contributed by atoms with Gasteiger partial charge in [-0.25, -0.2) is 4.79 Å². The number of esters is 1. The summed E-state index contributed by atoms with van der Waals surface area (Å²) in [5.74, 6) is -0.878. The maximum absolute atomic E-state index is 11.8. The summed E-state index contributed by atoms with van der Waals surface area (Å²) in [5, 5.41) is 2.67. The summed E-state index contributed by atoms with van der Waals surface area (Å²) in [6.07, 6.45) is 0.510. The van der Waals surface area contributed by atoms with Gasteiger partial charge in [0.05, 0.1) is 0 Å². The second-order valence-corrected chi connectivity index (χ2v) is 5.21. The number of nitrogens with one attached hydrogen (secondary N) is 1. The number of halogens is 1. The van der Waals surface area contributed by atoms with Gasteiger partial charge in [0.2, 0.25) is 0 Å². The molecule has 19 heavy (non-hydrogen) atoms. The van der Waals surface area contributed by atoms with Gasteiger partial charge in [0.25, 0.3) is 5.91 Å². The summed E-state index contributed by atoms with van der Waals surface area (Å²) in [5.41, 5.74) is 1.48. The fourth-order valence-electron chi connectivity index (χ4n) is 1.27. The van der Waals surface area contributed by atoms with Crippen LogP contribution in [0.25, 0.3) is 0 Å². The van der Waals surface area contributed by atoms with E-state index in [1.165, 1.54) is 13.0 Å². The molecule has 1 rings (SSSR count). The summed E-state index contributed by atoms with van der Waals surface area (Å²) in [6.45, 7) is 5.10. The van der Waals surface area contributed by atoms with E-state index in [4.69, 9.17) is 4.74 Å². The molecule has 0 aliphatic heterocycles. The number of benzene rings is 1. The van der Waals surface area contributed by atoms with Crippen LogP contribution in [-0.2, 0) is 14.3 Å². The molecular weight excluding hydrogens is 310 g/mol. The van der Waals surface area contributed by atoms with Crippen molar-refractivity contribution in [3.63, 3.8) is 0 Å². The number of hydrogen-bond acceptors (Lipinski definition) is 3. The first kappa shape index (κ1) is 15.4. The second kappa shape index (κ2) is 7.09. The molecule has 0 heterocycles. The minimum atomic E-state index is -0.841. The van der Waals surface area contributed by atoms with Gasteiger partial charge in [0.1, 0.15) is 0 Å². The molecule has 0 fully saturated rings. The highest BCUT2D eigenvalue weighted by atomic mass is 79.9. The molecule has 1 N–H and O–H groups in total. The van der Waals surface area contributed by atoms with Gasteiger partial charge >= 0.3 is 5.97 Å². The third kappa shape index (κ3) is 5.70. The Morgan fingerprint density at radius 1 is 1.26 bits per heavy atom. The van der Waals surface area contributed by atoms with Gasteiger partial charge in [0.15, 0.2) is 6.10 Å². The molecule has 0 saturated carbocycles. The zero-order chi connectivity index (χ0) is 14.4. The summed E-state index contributed by atoms with van der Waals surface area (Å²) in [4.78, 5) is 23.2.